The number of anilines is 2. The van der Waals surface area contributed by atoms with Crippen LogP contribution < -0.4 is 11.1 Å². The predicted octanol–water partition coefficient (Wildman–Crippen LogP) is 3.57. The van der Waals surface area contributed by atoms with Gasteiger partial charge >= 0.3 is 0 Å². The molecule has 2 rings (SSSR count). The van der Waals surface area contributed by atoms with Crippen LogP contribution in [0.5, 0.6) is 0 Å². The minimum atomic E-state index is 0.492. The lowest BCUT2D eigenvalue weighted by Gasteiger charge is -2.14. The topological polar surface area (TPSA) is 63.8 Å². The van der Waals surface area contributed by atoms with Gasteiger partial charge in [0.2, 0.25) is 0 Å². The summed E-state index contributed by atoms with van der Waals surface area (Å²) >= 11 is 0. The summed E-state index contributed by atoms with van der Waals surface area (Å²) in [6.07, 6.45) is 2.32. The van der Waals surface area contributed by atoms with E-state index in [9.17, 15) is 0 Å². The highest BCUT2D eigenvalue weighted by molar-refractivity contribution is 5.60. The summed E-state index contributed by atoms with van der Waals surface area (Å²) in [6, 6.07) is 11.7. The van der Waals surface area contributed by atoms with Crippen molar-refractivity contribution in [1.82, 2.24) is 9.97 Å². The van der Waals surface area contributed by atoms with E-state index in [1.165, 1.54) is 0 Å². The SMILES string of the molecule is CCC(CC)CNc1cc(N)nc(-c2ccccc2)n1. The Morgan fingerprint density at radius 3 is 2.45 bits per heavy atom. The van der Waals surface area contributed by atoms with Gasteiger partial charge in [-0.1, -0.05) is 57.0 Å². The molecule has 1 aromatic carbocycles. The van der Waals surface area contributed by atoms with Crippen molar-refractivity contribution in [2.24, 2.45) is 5.92 Å². The fourth-order valence-corrected chi connectivity index (χ4v) is 2.10. The van der Waals surface area contributed by atoms with Crippen molar-refractivity contribution in [1.29, 1.82) is 0 Å². The van der Waals surface area contributed by atoms with E-state index in [1.54, 1.807) is 6.07 Å². The van der Waals surface area contributed by atoms with Gasteiger partial charge in [-0.3, -0.25) is 0 Å². The number of nitrogens with zero attached hydrogens (tertiary/aromatic N) is 2. The first kappa shape index (κ1) is 14.3. The van der Waals surface area contributed by atoms with Crippen LogP contribution in [0.25, 0.3) is 11.4 Å². The van der Waals surface area contributed by atoms with Gasteiger partial charge in [0.1, 0.15) is 11.6 Å². The average molecular weight is 270 g/mol. The molecule has 2 aromatic rings. The molecule has 0 amide bonds. The van der Waals surface area contributed by atoms with Gasteiger partial charge in [-0.25, -0.2) is 9.97 Å². The molecule has 0 spiro atoms. The lowest BCUT2D eigenvalue weighted by atomic mass is 10.0. The molecule has 0 unspecified atom stereocenters. The normalized spacial score (nSPS) is 10.8. The van der Waals surface area contributed by atoms with Crippen LogP contribution in [0.3, 0.4) is 0 Å². The molecule has 20 heavy (non-hydrogen) atoms. The van der Waals surface area contributed by atoms with Gasteiger partial charge < -0.3 is 11.1 Å². The van der Waals surface area contributed by atoms with E-state index in [2.05, 4.69) is 29.1 Å². The van der Waals surface area contributed by atoms with Crippen LogP contribution in [0.1, 0.15) is 26.7 Å². The Kier molecular flexibility index (Phi) is 4.93. The average Bonchev–Trinajstić information content (AvgIpc) is 2.49. The molecule has 0 aliphatic rings. The molecule has 4 nitrogen and oxygen atoms in total. The van der Waals surface area contributed by atoms with Crippen LogP contribution in [0.4, 0.5) is 11.6 Å². The smallest absolute Gasteiger partial charge is 0.163 e. The Hall–Kier alpha value is -2.10. The first-order chi connectivity index (χ1) is 9.72. The van der Waals surface area contributed by atoms with Crippen molar-refractivity contribution < 1.29 is 0 Å². The first-order valence-electron chi connectivity index (χ1n) is 7.16. The second-order valence-corrected chi connectivity index (χ2v) is 4.93. The number of benzene rings is 1. The number of rotatable bonds is 6. The molecule has 0 bridgehead atoms. The molecule has 0 aliphatic heterocycles. The zero-order chi connectivity index (χ0) is 14.4. The van der Waals surface area contributed by atoms with Gasteiger partial charge in [0.05, 0.1) is 0 Å². The van der Waals surface area contributed by atoms with E-state index in [0.717, 1.165) is 30.8 Å². The van der Waals surface area contributed by atoms with Crippen LogP contribution in [0.15, 0.2) is 36.4 Å². The Morgan fingerprint density at radius 1 is 1.10 bits per heavy atom. The quantitative estimate of drug-likeness (QED) is 0.842. The van der Waals surface area contributed by atoms with E-state index in [1.807, 2.05) is 30.3 Å². The number of hydrogen-bond acceptors (Lipinski definition) is 4. The van der Waals surface area contributed by atoms with Gasteiger partial charge in [0.25, 0.3) is 0 Å². The third-order valence-corrected chi connectivity index (χ3v) is 3.50. The second-order valence-electron chi connectivity index (χ2n) is 4.93. The van der Waals surface area contributed by atoms with E-state index in [-0.39, 0.29) is 0 Å². The molecule has 0 saturated carbocycles. The summed E-state index contributed by atoms with van der Waals surface area (Å²) < 4.78 is 0. The minimum absolute atomic E-state index is 0.492. The molecule has 3 N–H and O–H groups in total. The summed E-state index contributed by atoms with van der Waals surface area (Å²) in [7, 11) is 0. The maximum absolute atomic E-state index is 5.88. The summed E-state index contributed by atoms with van der Waals surface area (Å²) in [5.74, 6) is 2.61. The Morgan fingerprint density at radius 2 is 1.80 bits per heavy atom. The van der Waals surface area contributed by atoms with Crippen LogP contribution in [-0.2, 0) is 0 Å². The Balaban J connectivity index is 2.17. The van der Waals surface area contributed by atoms with Crippen LogP contribution in [0, 0.1) is 5.92 Å². The largest absolute Gasteiger partial charge is 0.384 e. The fraction of sp³-hybridized carbons (Fsp3) is 0.375. The zero-order valence-corrected chi connectivity index (χ0v) is 12.1. The third-order valence-electron chi connectivity index (χ3n) is 3.50. The first-order valence-corrected chi connectivity index (χ1v) is 7.16. The molecule has 0 atom stereocenters. The maximum atomic E-state index is 5.88. The van der Waals surface area contributed by atoms with Crippen molar-refractivity contribution in [3.63, 3.8) is 0 Å². The molecule has 0 saturated heterocycles. The Bertz CT molecular complexity index is 535. The van der Waals surface area contributed by atoms with Gasteiger partial charge in [0.15, 0.2) is 5.82 Å². The molecular formula is C16H22N4. The number of nitrogens with one attached hydrogen (secondary N) is 1. The second kappa shape index (κ2) is 6.89. The van der Waals surface area contributed by atoms with E-state index < -0.39 is 0 Å². The molecule has 0 fully saturated rings. The molecule has 4 heteroatoms. The van der Waals surface area contributed by atoms with E-state index >= 15 is 0 Å². The van der Waals surface area contributed by atoms with Crippen molar-refractivity contribution in [3.8, 4) is 11.4 Å². The monoisotopic (exact) mass is 270 g/mol. The summed E-state index contributed by atoms with van der Waals surface area (Å²) in [5, 5.41) is 3.37. The van der Waals surface area contributed by atoms with Gasteiger partial charge in [-0.05, 0) is 5.92 Å². The number of nitrogen functional groups attached to an aromatic ring is 1. The van der Waals surface area contributed by atoms with Crippen molar-refractivity contribution in [3.05, 3.63) is 36.4 Å². The summed E-state index contributed by atoms with van der Waals surface area (Å²) in [5.41, 5.74) is 6.85. The van der Waals surface area contributed by atoms with E-state index in [4.69, 9.17) is 5.73 Å². The highest BCUT2D eigenvalue weighted by atomic mass is 15.0. The predicted molar refractivity (Wildman–Crippen MR) is 84.4 cm³/mol. The van der Waals surface area contributed by atoms with Crippen molar-refractivity contribution in [2.75, 3.05) is 17.6 Å². The Labute approximate surface area is 120 Å². The van der Waals surface area contributed by atoms with Crippen LogP contribution in [0.2, 0.25) is 0 Å². The fourth-order valence-electron chi connectivity index (χ4n) is 2.10. The highest BCUT2D eigenvalue weighted by Gasteiger charge is 2.07. The number of aromatic nitrogens is 2. The molecule has 1 heterocycles. The van der Waals surface area contributed by atoms with Crippen LogP contribution >= 0.6 is 0 Å². The molecule has 1 aromatic heterocycles. The molecule has 106 valence electrons. The minimum Gasteiger partial charge on any atom is -0.384 e. The van der Waals surface area contributed by atoms with Crippen molar-refractivity contribution >= 4 is 11.6 Å². The molecule has 0 aliphatic carbocycles. The lowest BCUT2D eigenvalue weighted by molar-refractivity contribution is 0.518. The highest BCUT2D eigenvalue weighted by Crippen LogP contribution is 2.19. The zero-order valence-electron chi connectivity index (χ0n) is 12.1. The summed E-state index contributed by atoms with van der Waals surface area (Å²) in [4.78, 5) is 8.84. The molecule has 0 radical (unpaired) electrons. The standard InChI is InChI=1S/C16H22N4/c1-3-12(4-2)11-18-15-10-14(17)19-16(20-15)13-8-6-5-7-9-13/h5-10,12H,3-4,11H2,1-2H3,(H3,17,18,19,20). The third kappa shape index (κ3) is 3.70. The lowest BCUT2D eigenvalue weighted by Crippen LogP contribution is -2.14. The van der Waals surface area contributed by atoms with Gasteiger partial charge in [0, 0.05) is 18.2 Å². The van der Waals surface area contributed by atoms with E-state index in [0.29, 0.717) is 17.6 Å². The van der Waals surface area contributed by atoms with Crippen LogP contribution in [-0.4, -0.2) is 16.5 Å². The summed E-state index contributed by atoms with van der Waals surface area (Å²) in [6.45, 7) is 5.33. The molecular weight excluding hydrogens is 248 g/mol. The number of hydrogen-bond donors (Lipinski definition) is 2. The number of nitrogens with two attached hydrogens (primary N) is 1. The van der Waals surface area contributed by atoms with Gasteiger partial charge in [-0.15, -0.1) is 0 Å². The maximum Gasteiger partial charge on any atom is 0.163 e. The van der Waals surface area contributed by atoms with Crippen molar-refractivity contribution in [2.45, 2.75) is 26.7 Å². The van der Waals surface area contributed by atoms with Gasteiger partial charge in [-0.2, -0.15) is 0 Å².